The maximum atomic E-state index is 13.4. The second kappa shape index (κ2) is 6.69. The molecule has 1 N–H and O–H groups in total. The lowest BCUT2D eigenvalue weighted by molar-refractivity contribution is 0.299. The average Bonchev–Trinajstić information content (AvgIpc) is 2.47. The second-order valence-electron chi connectivity index (χ2n) is 4.01. The Bertz CT molecular complexity index is 640. The number of aliphatic hydroxyl groups excluding tert-OH is 1. The monoisotopic (exact) mass is 274 g/mol. The summed E-state index contributed by atoms with van der Waals surface area (Å²) in [6.45, 7) is -0.248. The number of halogens is 2. The molecule has 0 aliphatic carbocycles. The van der Waals surface area contributed by atoms with E-state index in [0.29, 0.717) is 5.75 Å². The molecule has 4 heteroatoms. The lowest BCUT2D eigenvalue weighted by Gasteiger charge is -2.07. The predicted molar refractivity (Wildman–Crippen MR) is 71.1 cm³/mol. The van der Waals surface area contributed by atoms with E-state index in [-0.39, 0.29) is 18.8 Å². The summed E-state index contributed by atoms with van der Waals surface area (Å²) in [5.74, 6) is 4.80. The topological polar surface area (TPSA) is 29.5 Å². The molecular weight excluding hydrogens is 262 g/mol. The molecule has 2 nitrogen and oxygen atoms in total. The highest BCUT2D eigenvalue weighted by atomic mass is 19.1. The molecule has 0 heterocycles. The van der Waals surface area contributed by atoms with Crippen LogP contribution in [0.3, 0.4) is 0 Å². The Balaban J connectivity index is 2.02. The van der Waals surface area contributed by atoms with Gasteiger partial charge in [0.15, 0.2) is 0 Å². The zero-order valence-electron chi connectivity index (χ0n) is 10.6. The Morgan fingerprint density at radius 2 is 1.80 bits per heavy atom. The van der Waals surface area contributed by atoms with Gasteiger partial charge in [-0.25, -0.2) is 8.78 Å². The third kappa shape index (κ3) is 3.81. The molecule has 0 spiro atoms. The molecule has 20 heavy (non-hydrogen) atoms. The van der Waals surface area contributed by atoms with Crippen LogP contribution in [0.5, 0.6) is 5.75 Å². The molecule has 2 aromatic carbocycles. The quantitative estimate of drug-likeness (QED) is 0.872. The van der Waals surface area contributed by atoms with E-state index in [1.165, 1.54) is 0 Å². The highest BCUT2D eigenvalue weighted by Gasteiger charge is 2.04. The Hall–Kier alpha value is -2.38. The van der Waals surface area contributed by atoms with E-state index < -0.39 is 11.6 Å². The first-order valence-electron chi connectivity index (χ1n) is 5.95. The van der Waals surface area contributed by atoms with Crippen molar-refractivity contribution in [3.05, 3.63) is 65.2 Å². The lowest BCUT2D eigenvalue weighted by atomic mass is 10.2. The van der Waals surface area contributed by atoms with Crippen molar-refractivity contribution in [3.63, 3.8) is 0 Å². The van der Waals surface area contributed by atoms with Crippen molar-refractivity contribution in [2.24, 2.45) is 0 Å². The Labute approximate surface area is 115 Å². The molecule has 0 aromatic heterocycles. The number of ether oxygens (including phenoxy) is 1. The van der Waals surface area contributed by atoms with Crippen molar-refractivity contribution in [1.82, 2.24) is 0 Å². The Morgan fingerprint density at radius 1 is 1.05 bits per heavy atom. The van der Waals surface area contributed by atoms with Crippen LogP contribution >= 0.6 is 0 Å². The molecule has 0 radical (unpaired) electrons. The smallest absolute Gasteiger partial charge is 0.130 e. The molecule has 0 saturated carbocycles. The van der Waals surface area contributed by atoms with Crippen LogP contribution in [-0.4, -0.2) is 11.7 Å². The zero-order chi connectivity index (χ0) is 14.4. The molecule has 0 aliphatic heterocycles. The number of aliphatic hydroxyl groups is 1. The average molecular weight is 274 g/mol. The molecule has 0 unspecified atom stereocenters. The summed E-state index contributed by atoms with van der Waals surface area (Å²) in [5.41, 5.74) is 0.900. The number of hydrogen-bond acceptors (Lipinski definition) is 2. The summed E-state index contributed by atoms with van der Waals surface area (Å²) in [5, 5.41) is 8.58. The van der Waals surface area contributed by atoms with Crippen LogP contribution in [0, 0.1) is 23.5 Å². The van der Waals surface area contributed by atoms with Gasteiger partial charge >= 0.3 is 0 Å². The fourth-order valence-electron chi connectivity index (χ4n) is 1.59. The highest BCUT2D eigenvalue weighted by Crippen LogP contribution is 2.16. The molecule has 0 bridgehead atoms. The summed E-state index contributed by atoms with van der Waals surface area (Å²) >= 11 is 0. The van der Waals surface area contributed by atoms with Crippen molar-refractivity contribution in [1.29, 1.82) is 0 Å². The fraction of sp³-hybridized carbons (Fsp3) is 0.125. The zero-order valence-corrected chi connectivity index (χ0v) is 10.6. The summed E-state index contributed by atoms with van der Waals surface area (Å²) in [7, 11) is 0. The predicted octanol–water partition coefficient (Wildman–Crippen LogP) is 2.89. The normalized spacial score (nSPS) is 9.75. The summed E-state index contributed by atoms with van der Waals surface area (Å²) in [4.78, 5) is 0. The van der Waals surface area contributed by atoms with Crippen molar-refractivity contribution >= 4 is 0 Å². The minimum Gasteiger partial charge on any atom is -0.489 e. The number of benzene rings is 2. The molecule has 0 atom stereocenters. The summed E-state index contributed by atoms with van der Waals surface area (Å²) in [6.07, 6.45) is 0. The molecule has 0 saturated heterocycles. The van der Waals surface area contributed by atoms with Gasteiger partial charge in [-0.3, -0.25) is 0 Å². The summed E-state index contributed by atoms with van der Waals surface area (Å²) in [6, 6.07) is 10.0. The van der Waals surface area contributed by atoms with Crippen molar-refractivity contribution in [3.8, 4) is 17.6 Å². The van der Waals surface area contributed by atoms with Crippen LogP contribution in [0.2, 0.25) is 0 Å². The van der Waals surface area contributed by atoms with Gasteiger partial charge in [0.2, 0.25) is 0 Å². The van der Waals surface area contributed by atoms with Crippen LogP contribution in [-0.2, 0) is 6.61 Å². The Morgan fingerprint density at radius 3 is 2.50 bits per heavy atom. The van der Waals surface area contributed by atoms with E-state index in [2.05, 4.69) is 11.8 Å². The highest BCUT2D eigenvalue weighted by molar-refractivity contribution is 5.38. The van der Waals surface area contributed by atoms with Crippen molar-refractivity contribution < 1.29 is 18.6 Å². The molecule has 2 aromatic rings. The molecular formula is C16H12F2O2. The fourth-order valence-corrected chi connectivity index (χ4v) is 1.59. The molecule has 0 aliphatic rings. The maximum Gasteiger partial charge on any atom is 0.130 e. The van der Waals surface area contributed by atoms with E-state index in [4.69, 9.17) is 9.84 Å². The minimum absolute atomic E-state index is 0.0503. The summed E-state index contributed by atoms with van der Waals surface area (Å²) < 4.78 is 31.8. The molecule has 102 valence electrons. The van der Waals surface area contributed by atoms with Crippen LogP contribution in [0.15, 0.2) is 42.5 Å². The molecule has 0 fully saturated rings. The molecule has 2 rings (SSSR count). The van der Waals surface area contributed by atoms with Crippen molar-refractivity contribution in [2.45, 2.75) is 6.61 Å². The Kier molecular flexibility index (Phi) is 4.70. The van der Waals surface area contributed by atoms with Gasteiger partial charge in [-0.2, -0.15) is 0 Å². The SMILES string of the molecule is OCC#Cc1ccc(OCc2cc(F)ccc2F)cc1. The first-order valence-corrected chi connectivity index (χ1v) is 5.95. The van der Waals surface area contributed by atoms with Gasteiger partial charge in [-0.15, -0.1) is 0 Å². The van der Waals surface area contributed by atoms with Gasteiger partial charge in [-0.1, -0.05) is 11.8 Å². The molecule has 0 amide bonds. The van der Waals surface area contributed by atoms with Gasteiger partial charge < -0.3 is 9.84 Å². The van der Waals surface area contributed by atoms with Crippen LogP contribution < -0.4 is 4.74 Å². The van der Waals surface area contributed by atoms with Crippen molar-refractivity contribution in [2.75, 3.05) is 6.61 Å². The van der Waals surface area contributed by atoms with Gasteiger partial charge in [-0.05, 0) is 42.5 Å². The van der Waals surface area contributed by atoms with Crippen LogP contribution in [0.25, 0.3) is 0 Å². The number of hydrogen-bond donors (Lipinski definition) is 1. The van der Waals surface area contributed by atoms with Crippen LogP contribution in [0.1, 0.15) is 11.1 Å². The first-order chi connectivity index (χ1) is 9.69. The van der Waals surface area contributed by atoms with E-state index in [0.717, 1.165) is 23.8 Å². The second-order valence-corrected chi connectivity index (χ2v) is 4.01. The minimum atomic E-state index is -0.503. The van der Waals surface area contributed by atoms with Gasteiger partial charge in [0, 0.05) is 11.1 Å². The third-order valence-electron chi connectivity index (χ3n) is 2.57. The van der Waals surface area contributed by atoms with E-state index >= 15 is 0 Å². The largest absolute Gasteiger partial charge is 0.489 e. The van der Waals surface area contributed by atoms with Gasteiger partial charge in [0.05, 0.1) is 0 Å². The van der Waals surface area contributed by atoms with E-state index in [1.54, 1.807) is 24.3 Å². The maximum absolute atomic E-state index is 13.4. The van der Waals surface area contributed by atoms with Crippen LogP contribution in [0.4, 0.5) is 8.78 Å². The number of rotatable bonds is 3. The van der Waals surface area contributed by atoms with E-state index in [9.17, 15) is 8.78 Å². The van der Waals surface area contributed by atoms with Gasteiger partial charge in [0.25, 0.3) is 0 Å². The van der Waals surface area contributed by atoms with Gasteiger partial charge in [0.1, 0.15) is 30.6 Å². The third-order valence-corrected chi connectivity index (χ3v) is 2.57. The van der Waals surface area contributed by atoms with E-state index in [1.807, 2.05) is 0 Å². The standard InChI is InChI=1S/C16H12F2O2/c17-14-5-8-16(18)13(10-14)11-20-15-6-3-12(4-7-15)2-1-9-19/h3-8,10,19H,9,11H2. The first kappa shape index (κ1) is 14.0. The lowest BCUT2D eigenvalue weighted by Crippen LogP contribution is -1.99.